The standard InChI is InChI=1S/C17H33N3O/c1-5-8-9-13-20(4)16(18-6-2)19-15-17(10-11-17)12-14-21-7-3/h5H,1,6-15H2,2-4H3,(H,18,19). The zero-order valence-corrected chi connectivity index (χ0v) is 14.2. The molecule has 0 aliphatic heterocycles. The molecule has 0 bridgehead atoms. The van der Waals surface area contributed by atoms with E-state index in [0.717, 1.165) is 58.1 Å². The fourth-order valence-corrected chi connectivity index (χ4v) is 2.39. The van der Waals surface area contributed by atoms with Gasteiger partial charge in [-0.3, -0.25) is 4.99 Å². The molecule has 122 valence electrons. The minimum absolute atomic E-state index is 0.414. The van der Waals surface area contributed by atoms with Crippen LogP contribution in [0.25, 0.3) is 0 Å². The van der Waals surface area contributed by atoms with Crippen LogP contribution in [0.2, 0.25) is 0 Å². The highest BCUT2D eigenvalue weighted by Crippen LogP contribution is 2.49. The zero-order valence-electron chi connectivity index (χ0n) is 14.2. The first kappa shape index (κ1) is 18.0. The molecule has 0 saturated heterocycles. The van der Waals surface area contributed by atoms with Crippen LogP contribution in [0, 0.1) is 5.41 Å². The van der Waals surface area contributed by atoms with Gasteiger partial charge >= 0.3 is 0 Å². The minimum atomic E-state index is 0.414. The predicted octanol–water partition coefficient (Wildman–Crippen LogP) is 3.06. The first-order valence-corrected chi connectivity index (χ1v) is 8.35. The van der Waals surface area contributed by atoms with E-state index in [2.05, 4.69) is 37.7 Å². The lowest BCUT2D eigenvalue weighted by Gasteiger charge is -2.23. The Hall–Kier alpha value is -1.03. The van der Waals surface area contributed by atoms with Crippen LogP contribution in [0.5, 0.6) is 0 Å². The minimum Gasteiger partial charge on any atom is -0.382 e. The molecule has 0 radical (unpaired) electrons. The summed E-state index contributed by atoms with van der Waals surface area (Å²) in [6.07, 6.45) is 7.89. The molecule has 1 aliphatic carbocycles. The summed E-state index contributed by atoms with van der Waals surface area (Å²) < 4.78 is 5.49. The topological polar surface area (TPSA) is 36.9 Å². The Morgan fingerprint density at radius 3 is 2.76 bits per heavy atom. The maximum absolute atomic E-state index is 5.49. The van der Waals surface area contributed by atoms with Crippen LogP contribution in [-0.4, -0.2) is 50.8 Å². The molecule has 1 aliphatic rings. The number of hydrogen-bond donors (Lipinski definition) is 1. The summed E-state index contributed by atoms with van der Waals surface area (Å²) in [4.78, 5) is 7.08. The number of aliphatic imine (C=N–C) groups is 1. The van der Waals surface area contributed by atoms with Crippen molar-refractivity contribution < 1.29 is 4.74 Å². The van der Waals surface area contributed by atoms with Crippen molar-refractivity contribution in [3.05, 3.63) is 12.7 Å². The van der Waals surface area contributed by atoms with Gasteiger partial charge in [0.25, 0.3) is 0 Å². The first-order valence-electron chi connectivity index (χ1n) is 8.35. The van der Waals surface area contributed by atoms with E-state index in [-0.39, 0.29) is 0 Å². The fraction of sp³-hybridized carbons (Fsp3) is 0.824. The molecule has 0 unspecified atom stereocenters. The summed E-state index contributed by atoms with van der Waals surface area (Å²) in [5.41, 5.74) is 0.414. The van der Waals surface area contributed by atoms with Crippen molar-refractivity contribution in [3.63, 3.8) is 0 Å². The van der Waals surface area contributed by atoms with Crippen LogP contribution in [0.15, 0.2) is 17.6 Å². The number of nitrogens with one attached hydrogen (secondary N) is 1. The molecule has 0 aromatic rings. The lowest BCUT2D eigenvalue weighted by molar-refractivity contribution is 0.129. The Balaban J connectivity index is 2.44. The Bertz CT molecular complexity index is 324. The molecule has 0 atom stereocenters. The number of nitrogens with zero attached hydrogens (tertiary/aromatic N) is 2. The molecule has 0 heterocycles. The molecule has 4 heteroatoms. The average molecular weight is 295 g/mol. The molecule has 0 amide bonds. The predicted molar refractivity (Wildman–Crippen MR) is 90.8 cm³/mol. The maximum Gasteiger partial charge on any atom is 0.193 e. The van der Waals surface area contributed by atoms with E-state index in [0.29, 0.717) is 5.41 Å². The molecule has 4 nitrogen and oxygen atoms in total. The molecule has 0 aromatic heterocycles. The molecule has 0 aromatic carbocycles. The van der Waals surface area contributed by atoms with Crippen molar-refractivity contribution in [3.8, 4) is 0 Å². The SMILES string of the molecule is C=CCCCN(C)C(=NCC1(CCOCC)CC1)NCC. The molecule has 1 N–H and O–H groups in total. The summed E-state index contributed by atoms with van der Waals surface area (Å²) in [5, 5.41) is 3.40. The van der Waals surface area contributed by atoms with Crippen LogP contribution >= 0.6 is 0 Å². The number of allylic oxidation sites excluding steroid dienone is 1. The quantitative estimate of drug-likeness (QED) is 0.275. The van der Waals surface area contributed by atoms with Crippen LogP contribution in [0.4, 0.5) is 0 Å². The number of hydrogen-bond acceptors (Lipinski definition) is 2. The van der Waals surface area contributed by atoms with Crippen molar-refractivity contribution in [1.82, 2.24) is 10.2 Å². The monoisotopic (exact) mass is 295 g/mol. The summed E-state index contributed by atoms with van der Waals surface area (Å²) in [6.45, 7) is 12.5. The molecule has 0 spiro atoms. The second-order valence-electron chi connectivity index (χ2n) is 5.97. The number of rotatable bonds is 11. The third-order valence-electron chi connectivity index (χ3n) is 4.10. The van der Waals surface area contributed by atoms with E-state index in [9.17, 15) is 0 Å². The molecular weight excluding hydrogens is 262 g/mol. The Morgan fingerprint density at radius 1 is 1.43 bits per heavy atom. The van der Waals surface area contributed by atoms with Gasteiger partial charge in [0.05, 0.1) is 0 Å². The smallest absolute Gasteiger partial charge is 0.193 e. The summed E-state index contributed by atoms with van der Waals surface area (Å²) in [7, 11) is 2.12. The van der Waals surface area contributed by atoms with Crippen LogP contribution < -0.4 is 5.32 Å². The third-order valence-corrected chi connectivity index (χ3v) is 4.10. The highest BCUT2D eigenvalue weighted by molar-refractivity contribution is 5.79. The molecule has 1 saturated carbocycles. The first-order chi connectivity index (χ1) is 10.2. The highest BCUT2D eigenvalue weighted by Gasteiger charge is 2.41. The van der Waals surface area contributed by atoms with Crippen molar-refractivity contribution in [2.24, 2.45) is 10.4 Å². The van der Waals surface area contributed by atoms with Gasteiger partial charge in [-0.25, -0.2) is 0 Å². The van der Waals surface area contributed by atoms with Crippen molar-refractivity contribution in [2.45, 2.75) is 46.0 Å². The van der Waals surface area contributed by atoms with E-state index >= 15 is 0 Å². The van der Waals surface area contributed by atoms with Crippen molar-refractivity contribution in [1.29, 1.82) is 0 Å². The van der Waals surface area contributed by atoms with E-state index in [1.807, 2.05) is 6.08 Å². The average Bonchev–Trinajstić information content (AvgIpc) is 3.24. The fourth-order valence-electron chi connectivity index (χ4n) is 2.39. The van der Waals surface area contributed by atoms with Gasteiger partial charge < -0.3 is 15.0 Å². The summed E-state index contributed by atoms with van der Waals surface area (Å²) in [6, 6.07) is 0. The van der Waals surface area contributed by atoms with Crippen LogP contribution in [-0.2, 0) is 4.74 Å². The number of guanidine groups is 1. The summed E-state index contributed by atoms with van der Waals surface area (Å²) in [5.74, 6) is 1.03. The van der Waals surface area contributed by atoms with Crippen LogP contribution in [0.1, 0.15) is 46.0 Å². The van der Waals surface area contributed by atoms with Gasteiger partial charge in [-0.15, -0.1) is 6.58 Å². The normalized spacial score (nSPS) is 16.6. The third kappa shape index (κ3) is 6.98. The summed E-state index contributed by atoms with van der Waals surface area (Å²) >= 11 is 0. The lowest BCUT2D eigenvalue weighted by atomic mass is 10.0. The van der Waals surface area contributed by atoms with Gasteiger partial charge in [0.15, 0.2) is 5.96 Å². The van der Waals surface area contributed by atoms with Gasteiger partial charge in [-0.2, -0.15) is 0 Å². The van der Waals surface area contributed by atoms with E-state index in [1.165, 1.54) is 12.8 Å². The van der Waals surface area contributed by atoms with E-state index in [4.69, 9.17) is 9.73 Å². The van der Waals surface area contributed by atoms with E-state index in [1.54, 1.807) is 0 Å². The van der Waals surface area contributed by atoms with Gasteiger partial charge in [-0.1, -0.05) is 6.08 Å². The van der Waals surface area contributed by atoms with Gasteiger partial charge in [0.1, 0.15) is 0 Å². The molecule has 1 fully saturated rings. The van der Waals surface area contributed by atoms with Gasteiger partial charge in [0.2, 0.25) is 0 Å². The number of ether oxygens (including phenoxy) is 1. The highest BCUT2D eigenvalue weighted by atomic mass is 16.5. The van der Waals surface area contributed by atoms with Crippen LogP contribution in [0.3, 0.4) is 0 Å². The Labute approximate surface area is 130 Å². The van der Waals surface area contributed by atoms with Gasteiger partial charge in [-0.05, 0) is 51.4 Å². The second kappa shape index (κ2) is 9.82. The molecule has 21 heavy (non-hydrogen) atoms. The maximum atomic E-state index is 5.49. The number of unbranched alkanes of at least 4 members (excludes halogenated alkanes) is 1. The molecule has 1 rings (SSSR count). The van der Waals surface area contributed by atoms with Crippen molar-refractivity contribution >= 4 is 5.96 Å². The zero-order chi connectivity index (χ0) is 15.6. The second-order valence-corrected chi connectivity index (χ2v) is 5.97. The molecular formula is C17H33N3O. The largest absolute Gasteiger partial charge is 0.382 e. The van der Waals surface area contributed by atoms with E-state index < -0.39 is 0 Å². The van der Waals surface area contributed by atoms with Gasteiger partial charge in [0, 0.05) is 39.9 Å². The van der Waals surface area contributed by atoms with Crippen molar-refractivity contribution in [2.75, 3.05) is 39.9 Å². The Kier molecular flexibility index (Phi) is 8.43. The lowest BCUT2D eigenvalue weighted by Crippen LogP contribution is -2.39. The Morgan fingerprint density at radius 2 is 2.19 bits per heavy atom.